The van der Waals surface area contributed by atoms with Gasteiger partial charge in [0.15, 0.2) is 17.5 Å². The number of carbonyl (C=O) groups is 1. The van der Waals surface area contributed by atoms with Crippen LogP contribution in [0.3, 0.4) is 0 Å². The van der Waals surface area contributed by atoms with Crippen LogP contribution in [-0.4, -0.2) is 37.1 Å². The van der Waals surface area contributed by atoms with Crippen molar-refractivity contribution < 1.29 is 18.0 Å². The molecular formula is C24H20F3N5O. The minimum absolute atomic E-state index is 0.190. The normalized spacial score (nSPS) is 15.7. The predicted octanol–water partition coefficient (Wildman–Crippen LogP) is 4.52. The molecule has 2 aromatic heterocycles. The lowest BCUT2D eigenvalue weighted by Gasteiger charge is -2.33. The summed E-state index contributed by atoms with van der Waals surface area (Å²) in [6, 6.07) is 6.86. The van der Waals surface area contributed by atoms with Crippen LogP contribution >= 0.6 is 0 Å². The summed E-state index contributed by atoms with van der Waals surface area (Å²) in [6.45, 7) is 4.06. The molecule has 1 atom stereocenters. The molecule has 1 aliphatic rings. The summed E-state index contributed by atoms with van der Waals surface area (Å²) in [5.41, 5.74) is 4.48. The first-order valence-corrected chi connectivity index (χ1v) is 10.5. The second kappa shape index (κ2) is 7.68. The summed E-state index contributed by atoms with van der Waals surface area (Å²) in [4.78, 5) is 24.1. The molecule has 0 saturated heterocycles. The Labute approximate surface area is 187 Å². The summed E-state index contributed by atoms with van der Waals surface area (Å²) in [5.74, 6) is -4.21. The zero-order valence-electron chi connectivity index (χ0n) is 18.2. The minimum Gasteiger partial charge on any atom is -0.330 e. The molecular weight excluding hydrogens is 431 g/mol. The molecule has 1 aliphatic heterocycles. The van der Waals surface area contributed by atoms with Gasteiger partial charge in [0.1, 0.15) is 5.52 Å². The van der Waals surface area contributed by atoms with E-state index in [9.17, 15) is 18.0 Å². The van der Waals surface area contributed by atoms with Crippen LogP contribution in [0.2, 0.25) is 0 Å². The van der Waals surface area contributed by atoms with Crippen LogP contribution in [0.15, 0.2) is 36.5 Å². The largest absolute Gasteiger partial charge is 0.330 e. The Morgan fingerprint density at radius 2 is 1.88 bits per heavy atom. The number of fused-ring (bicyclic) bond motifs is 2. The van der Waals surface area contributed by atoms with Crippen molar-refractivity contribution in [3.05, 3.63) is 76.5 Å². The zero-order chi connectivity index (χ0) is 23.4. The van der Waals surface area contributed by atoms with Gasteiger partial charge in [0.05, 0.1) is 34.2 Å². The van der Waals surface area contributed by atoms with E-state index in [0.29, 0.717) is 46.6 Å². The molecule has 0 unspecified atom stereocenters. The lowest BCUT2D eigenvalue weighted by molar-refractivity contribution is 0.0675. The number of hydrogen-bond donors (Lipinski definition) is 0. The maximum Gasteiger partial charge on any atom is 0.256 e. The van der Waals surface area contributed by atoms with Crippen molar-refractivity contribution >= 4 is 16.9 Å². The van der Waals surface area contributed by atoms with Crippen molar-refractivity contribution in [3.63, 3.8) is 0 Å². The molecule has 1 amide bonds. The molecule has 0 aliphatic carbocycles. The Kier molecular flexibility index (Phi) is 4.92. The van der Waals surface area contributed by atoms with Gasteiger partial charge in [-0.1, -0.05) is 6.07 Å². The SMILES string of the molecule is Cc1cnc2cccc(C(=O)N3CCc4c(nn(C)c4-c4cc(F)c(F)c(F)c4)[C@@H]3C)c2n1. The highest BCUT2D eigenvalue weighted by atomic mass is 19.2. The average Bonchev–Trinajstić information content (AvgIpc) is 3.13. The van der Waals surface area contributed by atoms with Crippen molar-refractivity contribution in [1.82, 2.24) is 24.6 Å². The van der Waals surface area contributed by atoms with Gasteiger partial charge < -0.3 is 4.90 Å². The topological polar surface area (TPSA) is 63.9 Å². The van der Waals surface area contributed by atoms with Crippen molar-refractivity contribution in [2.75, 3.05) is 6.54 Å². The Hall–Kier alpha value is -3.75. The van der Waals surface area contributed by atoms with Gasteiger partial charge in [-0.05, 0) is 44.5 Å². The van der Waals surface area contributed by atoms with E-state index in [4.69, 9.17) is 0 Å². The fourth-order valence-corrected chi connectivity index (χ4v) is 4.52. The molecule has 9 heteroatoms. The monoisotopic (exact) mass is 451 g/mol. The van der Waals surface area contributed by atoms with Gasteiger partial charge in [-0.15, -0.1) is 0 Å². The number of carbonyl (C=O) groups excluding carboxylic acids is 1. The first-order chi connectivity index (χ1) is 15.8. The van der Waals surface area contributed by atoms with E-state index in [1.54, 1.807) is 30.3 Å². The van der Waals surface area contributed by atoms with Crippen molar-refractivity contribution in [2.24, 2.45) is 7.05 Å². The minimum atomic E-state index is -1.51. The average molecular weight is 451 g/mol. The van der Waals surface area contributed by atoms with E-state index in [1.165, 1.54) is 4.68 Å². The Balaban J connectivity index is 1.55. The molecule has 2 aromatic carbocycles. The number of halogens is 3. The molecule has 6 nitrogen and oxygen atoms in total. The zero-order valence-corrected chi connectivity index (χ0v) is 18.2. The highest BCUT2D eigenvalue weighted by Gasteiger charge is 2.34. The van der Waals surface area contributed by atoms with Gasteiger partial charge in [-0.3, -0.25) is 14.5 Å². The molecule has 33 heavy (non-hydrogen) atoms. The number of nitrogens with zero attached hydrogens (tertiary/aromatic N) is 5. The van der Waals surface area contributed by atoms with Gasteiger partial charge in [0.25, 0.3) is 5.91 Å². The standard InChI is InChI=1S/C24H20F3N5O/c1-12-11-28-19-6-4-5-16(22(19)29-12)24(33)32-8-7-15-21(13(32)2)30-31(3)23(15)14-9-17(25)20(27)18(26)10-14/h4-6,9-11,13H,7-8H2,1-3H3/t13-/m0/s1. The summed E-state index contributed by atoms with van der Waals surface area (Å²) in [5, 5.41) is 4.55. The fourth-order valence-electron chi connectivity index (χ4n) is 4.52. The van der Waals surface area contributed by atoms with Crippen molar-refractivity contribution in [3.8, 4) is 11.3 Å². The van der Waals surface area contributed by atoms with E-state index in [-0.39, 0.29) is 17.5 Å². The second-order valence-corrected chi connectivity index (χ2v) is 8.20. The predicted molar refractivity (Wildman–Crippen MR) is 116 cm³/mol. The quantitative estimate of drug-likeness (QED) is 0.421. The molecule has 4 aromatic rings. The number of benzene rings is 2. The maximum atomic E-state index is 13.9. The van der Waals surface area contributed by atoms with E-state index >= 15 is 0 Å². The van der Waals surface area contributed by atoms with E-state index < -0.39 is 17.5 Å². The van der Waals surface area contributed by atoms with E-state index in [0.717, 1.165) is 17.7 Å². The van der Waals surface area contributed by atoms with E-state index in [2.05, 4.69) is 15.1 Å². The third kappa shape index (κ3) is 3.35. The molecule has 0 spiro atoms. The summed E-state index contributed by atoms with van der Waals surface area (Å²) in [7, 11) is 1.66. The number of amides is 1. The summed E-state index contributed by atoms with van der Waals surface area (Å²) < 4.78 is 42.7. The Morgan fingerprint density at radius 1 is 1.15 bits per heavy atom. The third-order valence-corrected chi connectivity index (χ3v) is 6.08. The number of aromatic nitrogens is 4. The van der Waals surface area contributed by atoms with Crippen molar-refractivity contribution in [2.45, 2.75) is 26.3 Å². The lowest BCUT2D eigenvalue weighted by atomic mass is 9.94. The van der Waals surface area contributed by atoms with Crippen LogP contribution in [0.1, 0.15) is 40.3 Å². The summed E-state index contributed by atoms with van der Waals surface area (Å²) in [6.07, 6.45) is 2.09. The number of rotatable bonds is 2. The molecule has 3 heterocycles. The van der Waals surface area contributed by atoms with Gasteiger partial charge in [-0.25, -0.2) is 18.2 Å². The Bertz CT molecular complexity index is 1410. The molecule has 0 radical (unpaired) electrons. The van der Waals surface area contributed by atoms with Crippen LogP contribution in [0.25, 0.3) is 22.3 Å². The first kappa shape index (κ1) is 21.1. The number of para-hydroxylation sites is 1. The second-order valence-electron chi connectivity index (χ2n) is 8.20. The molecule has 168 valence electrons. The fraction of sp³-hybridized carbons (Fsp3) is 0.250. The maximum absolute atomic E-state index is 13.9. The molecule has 0 fully saturated rings. The van der Waals surface area contributed by atoms with Crippen LogP contribution in [-0.2, 0) is 13.5 Å². The third-order valence-electron chi connectivity index (χ3n) is 6.08. The van der Waals surface area contributed by atoms with Crippen LogP contribution in [0.4, 0.5) is 13.2 Å². The van der Waals surface area contributed by atoms with Crippen LogP contribution in [0.5, 0.6) is 0 Å². The van der Waals surface area contributed by atoms with Crippen LogP contribution < -0.4 is 0 Å². The molecule has 0 N–H and O–H groups in total. The Morgan fingerprint density at radius 3 is 2.61 bits per heavy atom. The van der Waals surface area contributed by atoms with Crippen LogP contribution in [0, 0.1) is 24.4 Å². The van der Waals surface area contributed by atoms with E-state index in [1.807, 2.05) is 19.9 Å². The smallest absolute Gasteiger partial charge is 0.256 e. The van der Waals surface area contributed by atoms with Gasteiger partial charge >= 0.3 is 0 Å². The van der Waals surface area contributed by atoms with Crippen molar-refractivity contribution in [1.29, 1.82) is 0 Å². The van der Waals surface area contributed by atoms with Gasteiger partial charge in [0, 0.05) is 30.9 Å². The number of aryl methyl sites for hydroxylation is 2. The number of hydrogen-bond acceptors (Lipinski definition) is 4. The molecule has 5 rings (SSSR count). The lowest BCUT2D eigenvalue weighted by Crippen LogP contribution is -2.39. The summed E-state index contributed by atoms with van der Waals surface area (Å²) >= 11 is 0. The van der Waals surface area contributed by atoms with Gasteiger partial charge in [-0.2, -0.15) is 5.10 Å². The van der Waals surface area contributed by atoms with Gasteiger partial charge in [0.2, 0.25) is 0 Å². The first-order valence-electron chi connectivity index (χ1n) is 10.5. The highest BCUT2D eigenvalue weighted by molar-refractivity contribution is 6.05. The highest BCUT2D eigenvalue weighted by Crippen LogP contribution is 2.37. The molecule has 0 saturated carbocycles. The molecule has 0 bridgehead atoms.